The van der Waals surface area contributed by atoms with E-state index in [1.54, 1.807) is 4.90 Å². The number of fused-ring (bicyclic) bond motifs is 1. The third-order valence-electron chi connectivity index (χ3n) is 3.56. The van der Waals surface area contributed by atoms with Crippen LogP contribution < -0.4 is 10.2 Å². The van der Waals surface area contributed by atoms with Gasteiger partial charge in [0.25, 0.3) is 11.7 Å². The highest BCUT2D eigenvalue weighted by Crippen LogP contribution is 2.33. The second-order valence-electron chi connectivity index (χ2n) is 5.37. The van der Waals surface area contributed by atoms with Gasteiger partial charge in [-0.1, -0.05) is 13.0 Å². The lowest BCUT2D eigenvalue weighted by Crippen LogP contribution is -2.32. The van der Waals surface area contributed by atoms with Crippen LogP contribution in [-0.4, -0.2) is 31.3 Å². The van der Waals surface area contributed by atoms with E-state index in [0.717, 1.165) is 42.7 Å². The molecule has 20 heavy (non-hydrogen) atoms. The molecule has 0 unspecified atom stereocenters. The molecule has 0 bridgehead atoms. The molecule has 1 aliphatic heterocycles. The molecular weight excluding hydrogens is 252 g/mol. The average molecular weight is 274 g/mol. The second-order valence-corrected chi connectivity index (χ2v) is 5.37. The van der Waals surface area contributed by atoms with Crippen molar-refractivity contribution in [1.82, 2.24) is 5.32 Å². The van der Waals surface area contributed by atoms with E-state index in [-0.39, 0.29) is 11.7 Å². The molecular formula is C16H22N2O2. The first-order valence-corrected chi connectivity index (χ1v) is 7.24. The Morgan fingerprint density at radius 2 is 1.90 bits per heavy atom. The van der Waals surface area contributed by atoms with Crippen molar-refractivity contribution in [3.05, 3.63) is 28.8 Å². The number of amides is 1. The van der Waals surface area contributed by atoms with Gasteiger partial charge in [-0.3, -0.25) is 9.59 Å². The molecule has 0 spiro atoms. The maximum absolute atomic E-state index is 12.1. The molecule has 4 heteroatoms. The van der Waals surface area contributed by atoms with Crippen LogP contribution in [0.15, 0.2) is 12.1 Å². The Balaban J connectivity index is 2.12. The predicted molar refractivity (Wildman–Crippen MR) is 80.4 cm³/mol. The Labute approximate surface area is 120 Å². The topological polar surface area (TPSA) is 49.4 Å². The Morgan fingerprint density at radius 1 is 1.15 bits per heavy atom. The lowest BCUT2D eigenvalue weighted by Gasteiger charge is -2.18. The van der Waals surface area contributed by atoms with Gasteiger partial charge < -0.3 is 10.2 Å². The maximum Gasteiger partial charge on any atom is 0.299 e. The summed E-state index contributed by atoms with van der Waals surface area (Å²) in [5.41, 5.74) is 3.39. The van der Waals surface area contributed by atoms with Crippen molar-refractivity contribution in [2.45, 2.75) is 33.6 Å². The van der Waals surface area contributed by atoms with E-state index < -0.39 is 0 Å². The van der Waals surface area contributed by atoms with E-state index in [4.69, 9.17) is 0 Å². The lowest BCUT2D eigenvalue weighted by molar-refractivity contribution is -0.114. The van der Waals surface area contributed by atoms with Gasteiger partial charge in [-0.25, -0.2) is 0 Å². The van der Waals surface area contributed by atoms with E-state index in [9.17, 15) is 9.59 Å². The van der Waals surface area contributed by atoms with Crippen molar-refractivity contribution in [3.8, 4) is 0 Å². The summed E-state index contributed by atoms with van der Waals surface area (Å²) in [6.45, 7) is 8.48. The number of carbonyl (C=O) groups is 2. The van der Waals surface area contributed by atoms with Crippen LogP contribution in [0.1, 0.15) is 41.3 Å². The molecule has 0 saturated heterocycles. The number of anilines is 1. The Hall–Kier alpha value is -1.68. The van der Waals surface area contributed by atoms with Crippen LogP contribution in [0.3, 0.4) is 0 Å². The summed E-state index contributed by atoms with van der Waals surface area (Å²) >= 11 is 0. The molecule has 1 N–H and O–H groups in total. The van der Waals surface area contributed by atoms with Crippen LogP contribution >= 0.6 is 0 Å². The third kappa shape index (κ3) is 2.75. The highest BCUT2D eigenvalue weighted by molar-refractivity contribution is 6.52. The molecule has 2 rings (SSSR count). The fraction of sp³-hybridized carbons (Fsp3) is 0.500. The summed E-state index contributed by atoms with van der Waals surface area (Å²) in [7, 11) is 0. The summed E-state index contributed by atoms with van der Waals surface area (Å²) in [4.78, 5) is 25.8. The minimum Gasteiger partial charge on any atom is -0.317 e. The van der Waals surface area contributed by atoms with Crippen LogP contribution in [0.2, 0.25) is 0 Å². The van der Waals surface area contributed by atoms with Gasteiger partial charge in [0.15, 0.2) is 0 Å². The fourth-order valence-corrected chi connectivity index (χ4v) is 2.71. The van der Waals surface area contributed by atoms with Crippen molar-refractivity contribution in [2.24, 2.45) is 0 Å². The SMILES string of the molecule is CCCNCCCN1C(=O)C(=O)c2cc(C)cc(C)c21. The molecule has 0 radical (unpaired) electrons. The number of ketones is 1. The monoisotopic (exact) mass is 274 g/mol. The van der Waals surface area contributed by atoms with Gasteiger partial charge in [-0.15, -0.1) is 0 Å². The van der Waals surface area contributed by atoms with Gasteiger partial charge >= 0.3 is 0 Å². The van der Waals surface area contributed by atoms with Crippen molar-refractivity contribution < 1.29 is 9.59 Å². The quantitative estimate of drug-likeness (QED) is 0.639. The summed E-state index contributed by atoms with van der Waals surface area (Å²) in [6.07, 6.45) is 1.95. The number of rotatable bonds is 6. The standard InChI is InChI=1S/C16H22N2O2/c1-4-6-17-7-5-8-18-14-12(3)9-11(2)10-13(14)15(19)16(18)20/h9-10,17H,4-8H2,1-3H3. The van der Waals surface area contributed by atoms with Crippen LogP contribution in [0.25, 0.3) is 0 Å². The minimum atomic E-state index is -0.385. The molecule has 1 heterocycles. The first-order chi connectivity index (χ1) is 9.56. The van der Waals surface area contributed by atoms with E-state index in [1.807, 2.05) is 26.0 Å². The smallest absolute Gasteiger partial charge is 0.299 e. The molecule has 0 aliphatic carbocycles. The highest BCUT2D eigenvalue weighted by atomic mass is 16.2. The zero-order chi connectivity index (χ0) is 14.7. The maximum atomic E-state index is 12.1. The molecule has 0 fully saturated rings. The third-order valence-corrected chi connectivity index (χ3v) is 3.56. The summed E-state index contributed by atoms with van der Waals surface area (Å²) in [6, 6.07) is 3.84. The number of nitrogens with one attached hydrogen (secondary N) is 1. The number of aryl methyl sites for hydroxylation is 2. The van der Waals surface area contributed by atoms with Crippen molar-refractivity contribution in [1.29, 1.82) is 0 Å². The fourth-order valence-electron chi connectivity index (χ4n) is 2.71. The average Bonchev–Trinajstić information content (AvgIpc) is 2.64. The molecule has 1 aromatic carbocycles. The molecule has 108 valence electrons. The molecule has 1 amide bonds. The van der Waals surface area contributed by atoms with E-state index in [1.165, 1.54) is 0 Å². The van der Waals surface area contributed by atoms with Crippen LogP contribution in [0.4, 0.5) is 5.69 Å². The molecule has 0 atom stereocenters. The molecule has 1 aliphatic rings. The molecule has 1 aromatic rings. The summed E-state index contributed by atoms with van der Waals surface area (Å²) in [5.74, 6) is -0.752. The van der Waals surface area contributed by atoms with Gasteiger partial charge in [0.1, 0.15) is 0 Å². The Bertz CT molecular complexity index is 538. The first kappa shape index (κ1) is 14.7. The van der Waals surface area contributed by atoms with Crippen LogP contribution in [-0.2, 0) is 4.79 Å². The van der Waals surface area contributed by atoms with Crippen molar-refractivity contribution in [3.63, 3.8) is 0 Å². The van der Waals surface area contributed by atoms with Crippen LogP contribution in [0, 0.1) is 13.8 Å². The minimum absolute atomic E-state index is 0.367. The second kappa shape index (κ2) is 6.18. The lowest BCUT2D eigenvalue weighted by atomic mass is 10.0. The normalized spacial score (nSPS) is 14.1. The number of nitrogens with zero attached hydrogens (tertiary/aromatic N) is 1. The van der Waals surface area contributed by atoms with Gasteiger partial charge in [0, 0.05) is 6.54 Å². The molecule has 0 aromatic heterocycles. The predicted octanol–water partition coefficient (Wildman–Crippen LogP) is 2.22. The first-order valence-electron chi connectivity index (χ1n) is 7.24. The van der Waals surface area contributed by atoms with Crippen molar-refractivity contribution >= 4 is 17.4 Å². The Morgan fingerprint density at radius 3 is 2.60 bits per heavy atom. The Kier molecular flexibility index (Phi) is 4.55. The summed E-state index contributed by atoms with van der Waals surface area (Å²) in [5, 5.41) is 3.31. The number of carbonyl (C=O) groups excluding carboxylic acids is 2. The van der Waals surface area contributed by atoms with E-state index in [2.05, 4.69) is 12.2 Å². The van der Waals surface area contributed by atoms with Gasteiger partial charge in [0.05, 0.1) is 11.3 Å². The zero-order valence-electron chi connectivity index (χ0n) is 12.5. The number of hydrogen-bond acceptors (Lipinski definition) is 3. The van der Waals surface area contributed by atoms with Gasteiger partial charge in [0.2, 0.25) is 0 Å². The van der Waals surface area contributed by atoms with E-state index >= 15 is 0 Å². The van der Waals surface area contributed by atoms with Crippen molar-refractivity contribution in [2.75, 3.05) is 24.5 Å². The molecule has 4 nitrogen and oxygen atoms in total. The van der Waals surface area contributed by atoms with Gasteiger partial charge in [-0.2, -0.15) is 0 Å². The molecule has 0 saturated carbocycles. The number of Topliss-reactive ketones (excluding diaryl/α,β-unsaturated/α-hetero) is 1. The summed E-state index contributed by atoms with van der Waals surface area (Å²) < 4.78 is 0. The number of hydrogen-bond donors (Lipinski definition) is 1. The largest absolute Gasteiger partial charge is 0.317 e. The van der Waals surface area contributed by atoms with Gasteiger partial charge in [-0.05, 0) is 57.0 Å². The highest BCUT2D eigenvalue weighted by Gasteiger charge is 2.36. The number of benzene rings is 1. The van der Waals surface area contributed by atoms with Crippen LogP contribution in [0.5, 0.6) is 0 Å². The van der Waals surface area contributed by atoms with E-state index in [0.29, 0.717) is 12.1 Å². The zero-order valence-corrected chi connectivity index (χ0v) is 12.5.